The molecule has 0 spiro atoms. The zero-order valence-electron chi connectivity index (χ0n) is 22.9. The van der Waals surface area contributed by atoms with Gasteiger partial charge in [-0.25, -0.2) is 4.98 Å². The standard InChI is InChI=1S/C36H24N2O2S2/c1-36(2)30-33(42-28-20-23(41-34(28)30)19-27-31(39)24-15-9-10-16-25(24)32(27)40)26-17-18-29(37-35(26)36)38(21-11-5-3-6-12-21)22-13-7-4-8-14-22/h3-20H,1-2H3. The molecule has 2 aliphatic rings. The van der Waals surface area contributed by atoms with Gasteiger partial charge in [0.25, 0.3) is 0 Å². The van der Waals surface area contributed by atoms with E-state index in [1.54, 1.807) is 53.0 Å². The fourth-order valence-electron chi connectivity index (χ4n) is 6.20. The summed E-state index contributed by atoms with van der Waals surface area (Å²) in [7, 11) is 0. The number of ketones is 2. The van der Waals surface area contributed by atoms with Gasteiger partial charge in [0.2, 0.25) is 0 Å². The number of carbonyl (C=O) groups is 2. The van der Waals surface area contributed by atoms with Gasteiger partial charge in [-0.1, -0.05) is 74.5 Å². The van der Waals surface area contributed by atoms with Crippen molar-refractivity contribution >= 4 is 66.9 Å². The molecule has 0 N–H and O–H groups in total. The summed E-state index contributed by atoms with van der Waals surface area (Å²) in [5.41, 5.74) is 6.53. The number of aromatic nitrogens is 1. The van der Waals surface area contributed by atoms with Gasteiger partial charge < -0.3 is 0 Å². The number of pyridine rings is 1. The maximum Gasteiger partial charge on any atom is 0.197 e. The van der Waals surface area contributed by atoms with Crippen molar-refractivity contribution in [2.45, 2.75) is 19.3 Å². The molecule has 0 saturated carbocycles. The Kier molecular flexibility index (Phi) is 5.48. The number of allylic oxidation sites excluding steroid dienone is 1. The summed E-state index contributed by atoms with van der Waals surface area (Å²) in [4.78, 5) is 35.7. The fraction of sp³-hybridized carbons (Fsp3) is 0.0833. The van der Waals surface area contributed by atoms with Gasteiger partial charge in [0.1, 0.15) is 5.82 Å². The lowest BCUT2D eigenvalue weighted by atomic mass is 9.86. The molecule has 202 valence electrons. The molecule has 0 atom stereocenters. The first-order valence-corrected chi connectivity index (χ1v) is 15.4. The predicted octanol–water partition coefficient (Wildman–Crippen LogP) is 9.60. The summed E-state index contributed by atoms with van der Waals surface area (Å²) in [6.07, 6.45) is 1.78. The molecule has 0 unspecified atom stereocenters. The minimum atomic E-state index is -0.317. The van der Waals surface area contributed by atoms with Gasteiger partial charge in [0.15, 0.2) is 11.6 Å². The number of carbonyl (C=O) groups excluding carboxylic acids is 2. The van der Waals surface area contributed by atoms with Crippen molar-refractivity contribution in [1.82, 2.24) is 4.98 Å². The van der Waals surface area contributed by atoms with Crippen LogP contribution < -0.4 is 4.90 Å². The minimum absolute atomic E-state index is 0.191. The van der Waals surface area contributed by atoms with Crippen molar-refractivity contribution in [3.05, 3.63) is 136 Å². The predicted molar refractivity (Wildman–Crippen MR) is 173 cm³/mol. The van der Waals surface area contributed by atoms with Crippen LogP contribution >= 0.6 is 22.7 Å². The number of hydrogen-bond acceptors (Lipinski definition) is 6. The van der Waals surface area contributed by atoms with E-state index in [1.165, 1.54) is 25.4 Å². The van der Waals surface area contributed by atoms with E-state index in [2.05, 4.69) is 61.2 Å². The third kappa shape index (κ3) is 3.62. The van der Waals surface area contributed by atoms with E-state index in [9.17, 15) is 9.59 Å². The van der Waals surface area contributed by atoms with Gasteiger partial charge in [0.05, 0.1) is 16.0 Å². The number of thiophene rings is 2. The summed E-state index contributed by atoms with van der Waals surface area (Å²) in [6.45, 7) is 4.49. The second-order valence-corrected chi connectivity index (χ2v) is 13.2. The van der Waals surface area contributed by atoms with Crippen LogP contribution in [0, 0.1) is 0 Å². The third-order valence-electron chi connectivity index (χ3n) is 8.18. The second kappa shape index (κ2) is 9.18. The van der Waals surface area contributed by atoms with E-state index in [0.717, 1.165) is 27.8 Å². The number of anilines is 3. The molecule has 8 rings (SSSR count). The molecule has 0 fully saturated rings. The number of nitrogens with zero attached hydrogens (tertiary/aromatic N) is 2. The van der Waals surface area contributed by atoms with Crippen LogP contribution in [-0.2, 0) is 5.41 Å². The number of Topliss-reactive ketones (excluding diaryl/α,β-unsaturated/α-hetero) is 2. The monoisotopic (exact) mass is 580 g/mol. The third-order valence-corrected chi connectivity index (χ3v) is 10.6. The van der Waals surface area contributed by atoms with Crippen LogP contribution in [-0.4, -0.2) is 16.6 Å². The highest BCUT2D eigenvalue weighted by Crippen LogP contribution is 2.57. The number of para-hydroxylation sites is 2. The lowest BCUT2D eigenvalue weighted by Crippen LogP contribution is -2.19. The van der Waals surface area contributed by atoms with Crippen LogP contribution in [0.4, 0.5) is 17.2 Å². The Labute approximate surface area is 251 Å². The summed E-state index contributed by atoms with van der Waals surface area (Å²) in [5, 5.41) is 0. The normalized spacial score (nSPS) is 14.7. The van der Waals surface area contributed by atoms with Gasteiger partial charge in [-0.15, -0.1) is 22.7 Å². The molecule has 3 aromatic carbocycles. The minimum Gasteiger partial charge on any atom is -0.295 e. The quantitative estimate of drug-likeness (QED) is 0.154. The van der Waals surface area contributed by atoms with Crippen LogP contribution in [0.5, 0.6) is 0 Å². The van der Waals surface area contributed by atoms with Crippen LogP contribution in [0.1, 0.15) is 50.7 Å². The first-order chi connectivity index (χ1) is 20.4. The lowest BCUT2D eigenvalue weighted by molar-refractivity contribution is 0.0990. The van der Waals surface area contributed by atoms with Crippen LogP contribution in [0.2, 0.25) is 0 Å². The van der Waals surface area contributed by atoms with Crippen molar-refractivity contribution < 1.29 is 9.59 Å². The Morgan fingerprint density at radius 2 is 1.31 bits per heavy atom. The molecule has 3 heterocycles. The van der Waals surface area contributed by atoms with Crippen molar-refractivity contribution in [2.24, 2.45) is 0 Å². The first kappa shape index (κ1) is 25.1. The second-order valence-electron chi connectivity index (χ2n) is 11.1. The molecular formula is C36H24N2O2S2. The zero-order valence-corrected chi connectivity index (χ0v) is 24.6. The Morgan fingerprint density at radius 1 is 0.714 bits per heavy atom. The van der Waals surface area contributed by atoms with E-state index in [1.807, 2.05) is 36.4 Å². The number of benzene rings is 3. The van der Waals surface area contributed by atoms with Crippen molar-refractivity contribution in [1.29, 1.82) is 0 Å². The zero-order chi connectivity index (χ0) is 28.6. The highest BCUT2D eigenvalue weighted by Gasteiger charge is 2.41. The van der Waals surface area contributed by atoms with E-state index in [-0.39, 0.29) is 22.6 Å². The fourth-order valence-corrected chi connectivity index (χ4v) is 9.13. The van der Waals surface area contributed by atoms with E-state index >= 15 is 0 Å². The average molecular weight is 581 g/mol. The van der Waals surface area contributed by atoms with Gasteiger partial charge in [-0.3, -0.25) is 14.5 Å². The Bertz CT molecular complexity index is 2030. The molecule has 0 aliphatic heterocycles. The van der Waals surface area contributed by atoms with Crippen LogP contribution in [0.25, 0.3) is 25.9 Å². The first-order valence-electron chi connectivity index (χ1n) is 13.8. The highest BCUT2D eigenvalue weighted by molar-refractivity contribution is 7.30. The topological polar surface area (TPSA) is 50.3 Å². The van der Waals surface area contributed by atoms with Gasteiger partial charge in [-0.2, -0.15) is 0 Å². The van der Waals surface area contributed by atoms with Crippen LogP contribution in [0.3, 0.4) is 0 Å². The lowest BCUT2D eigenvalue weighted by Gasteiger charge is -2.26. The molecular weight excluding hydrogens is 557 g/mol. The van der Waals surface area contributed by atoms with Crippen molar-refractivity contribution in [2.75, 3.05) is 4.90 Å². The molecule has 0 saturated heterocycles. The number of rotatable bonds is 4. The number of fused-ring (bicyclic) bond motifs is 6. The molecule has 0 radical (unpaired) electrons. The molecule has 0 amide bonds. The number of hydrogen-bond donors (Lipinski definition) is 0. The highest BCUT2D eigenvalue weighted by atomic mass is 32.1. The summed E-state index contributed by atoms with van der Waals surface area (Å²) < 4.78 is 2.37. The Balaban J connectivity index is 1.21. The Morgan fingerprint density at radius 3 is 1.93 bits per heavy atom. The Hall–Kier alpha value is -4.65. The maximum atomic E-state index is 13.0. The van der Waals surface area contributed by atoms with E-state index < -0.39 is 0 Å². The smallest absolute Gasteiger partial charge is 0.197 e. The van der Waals surface area contributed by atoms with Crippen molar-refractivity contribution in [3.63, 3.8) is 0 Å². The molecule has 6 heteroatoms. The molecule has 0 bridgehead atoms. The van der Waals surface area contributed by atoms with Crippen LogP contribution in [0.15, 0.2) is 109 Å². The molecule has 6 aromatic rings. The molecule has 42 heavy (non-hydrogen) atoms. The van der Waals surface area contributed by atoms with Gasteiger partial charge >= 0.3 is 0 Å². The molecule has 3 aromatic heterocycles. The summed E-state index contributed by atoms with van der Waals surface area (Å²) in [5.74, 6) is 0.493. The van der Waals surface area contributed by atoms with Gasteiger partial charge in [-0.05, 0) is 48.5 Å². The van der Waals surface area contributed by atoms with Crippen molar-refractivity contribution in [3.8, 4) is 10.4 Å². The maximum absolute atomic E-state index is 13.0. The largest absolute Gasteiger partial charge is 0.295 e. The average Bonchev–Trinajstić information content (AvgIpc) is 3.69. The van der Waals surface area contributed by atoms with E-state index in [4.69, 9.17) is 4.98 Å². The molecule has 2 aliphatic carbocycles. The SMILES string of the molecule is CC1(C)c2nc(N(c3ccccc3)c3ccccc3)ccc2-c2sc3cc(C=C4C(=O)c5ccccc5C4=O)sc3c21. The summed E-state index contributed by atoms with van der Waals surface area (Å²) >= 11 is 3.41. The summed E-state index contributed by atoms with van der Waals surface area (Å²) in [6, 6.07) is 34.2. The van der Waals surface area contributed by atoms with Gasteiger partial charge in [0, 0.05) is 53.5 Å². The van der Waals surface area contributed by atoms with E-state index in [0.29, 0.717) is 11.1 Å². The molecule has 4 nitrogen and oxygen atoms in total.